The van der Waals surface area contributed by atoms with Crippen molar-refractivity contribution in [2.75, 3.05) is 13.1 Å². The molecule has 1 aromatic rings. The van der Waals surface area contributed by atoms with Crippen LogP contribution in [0.4, 0.5) is 0 Å². The number of likely N-dealkylation sites (tertiary alicyclic amines) is 1. The summed E-state index contributed by atoms with van der Waals surface area (Å²) >= 11 is 0. The van der Waals surface area contributed by atoms with Gasteiger partial charge < -0.3 is 10.2 Å². The predicted molar refractivity (Wildman–Crippen MR) is 63.2 cm³/mol. The molecule has 0 saturated carbocycles. The van der Waals surface area contributed by atoms with Crippen molar-refractivity contribution >= 4 is 0 Å². The van der Waals surface area contributed by atoms with E-state index in [2.05, 4.69) is 36.9 Å². The van der Waals surface area contributed by atoms with Gasteiger partial charge in [-0.05, 0) is 30.5 Å². The van der Waals surface area contributed by atoms with Crippen LogP contribution in [0.3, 0.4) is 0 Å². The summed E-state index contributed by atoms with van der Waals surface area (Å²) in [5, 5.41) is 18.9. The zero-order valence-electron chi connectivity index (χ0n) is 9.85. The number of hydrogen-bond acceptors (Lipinski definition) is 3. The fourth-order valence-electron chi connectivity index (χ4n) is 2.14. The van der Waals surface area contributed by atoms with Crippen molar-refractivity contribution in [1.29, 1.82) is 0 Å². The summed E-state index contributed by atoms with van der Waals surface area (Å²) in [6.07, 6.45) is -1.18. The first-order valence-electron chi connectivity index (χ1n) is 5.71. The van der Waals surface area contributed by atoms with Crippen molar-refractivity contribution in [2.45, 2.75) is 32.6 Å². The van der Waals surface area contributed by atoms with E-state index >= 15 is 0 Å². The van der Waals surface area contributed by atoms with Crippen LogP contribution >= 0.6 is 0 Å². The number of aryl methyl sites for hydroxylation is 2. The van der Waals surface area contributed by atoms with Gasteiger partial charge in [-0.1, -0.05) is 18.2 Å². The Kier molecular flexibility index (Phi) is 3.28. The molecule has 0 unspecified atom stereocenters. The third-order valence-corrected chi connectivity index (χ3v) is 3.31. The normalized spacial score (nSPS) is 26.2. The summed E-state index contributed by atoms with van der Waals surface area (Å²) in [5.41, 5.74) is 3.83. The summed E-state index contributed by atoms with van der Waals surface area (Å²) in [5.74, 6) is 0. The smallest absolute Gasteiger partial charge is 0.0938 e. The molecule has 3 heteroatoms. The highest BCUT2D eigenvalue weighted by molar-refractivity contribution is 5.29. The van der Waals surface area contributed by atoms with Crippen molar-refractivity contribution in [3.63, 3.8) is 0 Å². The van der Waals surface area contributed by atoms with Crippen LogP contribution in [-0.4, -0.2) is 40.4 Å². The molecule has 16 heavy (non-hydrogen) atoms. The van der Waals surface area contributed by atoms with E-state index in [0.717, 1.165) is 6.54 Å². The third-order valence-electron chi connectivity index (χ3n) is 3.31. The Morgan fingerprint density at radius 1 is 1.12 bits per heavy atom. The van der Waals surface area contributed by atoms with E-state index in [0.29, 0.717) is 13.1 Å². The lowest BCUT2D eigenvalue weighted by Crippen LogP contribution is -2.22. The van der Waals surface area contributed by atoms with E-state index in [9.17, 15) is 10.2 Å². The molecule has 3 nitrogen and oxygen atoms in total. The molecule has 1 aromatic carbocycles. The monoisotopic (exact) mass is 221 g/mol. The second-order valence-corrected chi connectivity index (χ2v) is 4.75. The lowest BCUT2D eigenvalue weighted by molar-refractivity contribution is 0.0572. The second kappa shape index (κ2) is 4.53. The SMILES string of the molecule is Cc1ccc(CN2C[C@@H](O)[C@@H](O)C2)cc1C. The molecule has 0 aromatic heterocycles. The molecule has 0 aliphatic carbocycles. The van der Waals surface area contributed by atoms with Crippen molar-refractivity contribution in [3.8, 4) is 0 Å². The lowest BCUT2D eigenvalue weighted by atomic mass is 10.1. The van der Waals surface area contributed by atoms with Crippen LogP contribution in [0.2, 0.25) is 0 Å². The number of aliphatic hydroxyl groups is 2. The maximum atomic E-state index is 9.45. The third kappa shape index (κ3) is 2.43. The quantitative estimate of drug-likeness (QED) is 0.778. The first kappa shape index (κ1) is 11.6. The van der Waals surface area contributed by atoms with Crippen LogP contribution in [0.5, 0.6) is 0 Å². The van der Waals surface area contributed by atoms with Gasteiger partial charge in [0.1, 0.15) is 0 Å². The first-order chi connectivity index (χ1) is 7.56. The fraction of sp³-hybridized carbons (Fsp3) is 0.538. The first-order valence-corrected chi connectivity index (χ1v) is 5.71. The molecule has 1 heterocycles. The minimum Gasteiger partial charge on any atom is -0.389 e. The van der Waals surface area contributed by atoms with Gasteiger partial charge in [0, 0.05) is 19.6 Å². The van der Waals surface area contributed by atoms with Crippen molar-refractivity contribution < 1.29 is 10.2 Å². The number of benzene rings is 1. The van der Waals surface area contributed by atoms with Crippen LogP contribution in [0.1, 0.15) is 16.7 Å². The summed E-state index contributed by atoms with van der Waals surface area (Å²) < 4.78 is 0. The van der Waals surface area contributed by atoms with Gasteiger partial charge in [-0.15, -0.1) is 0 Å². The molecule has 1 aliphatic heterocycles. The number of β-amino-alcohol motifs (C(OH)–C–C–N with tert-alkyl or cyclic N) is 2. The maximum Gasteiger partial charge on any atom is 0.0938 e. The molecule has 2 N–H and O–H groups in total. The Morgan fingerprint density at radius 2 is 1.75 bits per heavy atom. The van der Waals surface area contributed by atoms with Gasteiger partial charge in [-0.2, -0.15) is 0 Å². The summed E-state index contributed by atoms with van der Waals surface area (Å²) in [4.78, 5) is 2.08. The Balaban J connectivity index is 2.02. The molecule has 0 radical (unpaired) electrons. The highest BCUT2D eigenvalue weighted by Crippen LogP contribution is 2.16. The number of rotatable bonds is 2. The number of aliphatic hydroxyl groups excluding tert-OH is 2. The van der Waals surface area contributed by atoms with Crippen molar-refractivity contribution in [1.82, 2.24) is 4.90 Å². The van der Waals surface area contributed by atoms with Crippen LogP contribution in [0.25, 0.3) is 0 Å². The van der Waals surface area contributed by atoms with E-state index in [1.807, 2.05) is 0 Å². The van der Waals surface area contributed by atoms with Crippen LogP contribution in [0, 0.1) is 13.8 Å². The number of hydrogen-bond donors (Lipinski definition) is 2. The van der Waals surface area contributed by atoms with Gasteiger partial charge >= 0.3 is 0 Å². The molecule has 0 spiro atoms. The van der Waals surface area contributed by atoms with Crippen molar-refractivity contribution in [2.24, 2.45) is 0 Å². The minimum atomic E-state index is -0.591. The topological polar surface area (TPSA) is 43.7 Å². The Bertz CT molecular complexity index is 368. The molecular formula is C13H19NO2. The highest BCUT2D eigenvalue weighted by Gasteiger charge is 2.29. The Morgan fingerprint density at radius 3 is 2.31 bits per heavy atom. The second-order valence-electron chi connectivity index (χ2n) is 4.75. The molecule has 1 aliphatic rings. The van der Waals surface area contributed by atoms with E-state index in [4.69, 9.17) is 0 Å². The van der Waals surface area contributed by atoms with Crippen LogP contribution in [-0.2, 0) is 6.54 Å². The molecule has 2 rings (SSSR count). The zero-order valence-corrected chi connectivity index (χ0v) is 9.85. The molecule has 0 amide bonds. The van der Waals surface area contributed by atoms with Gasteiger partial charge in [-0.3, -0.25) is 4.90 Å². The van der Waals surface area contributed by atoms with Crippen LogP contribution < -0.4 is 0 Å². The van der Waals surface area contributed by atoms with Gasteiger partial charge in [0.2, 0.25) is 0 Å². The van der Waals surface area contributed by atoms with E-state index < -0.39 is 12.2 Å². The summed E-state index contributed by atoms with van der Waals surface area (Å²) in [6.45, 7) is 6.13. The number of nitrogens with zero attached hydrogens (tertiary/aromatic N) is 1. The van der Waals surface area contributed by atoms with Gasteiger partial charge in [0.25, 0.3) is 0 Å². The Hall–Kier alpha value is -0.900. The highest BCUT2D eigenvalue weighted by atomic mass is 16.3. The van der Waals surface area contributed by atoms with E-state index in [1.165, 1.54) is 16.7 Å². The average molecular weight is 221 g/mol. The fourth-order valence-corrected chi connectivity index (χ4v) is 2.14. The minimum absolute atomic E-state index is 0.564. The summed E-state index contributed by atoms with van der Waals surface area (Å²) in [7, 11) is 0. The standard InChI is InChI=1S/C13H19NO2/c1-9-3-4-11(5-10(9)2)6-14-7-12(15)13(16)8-14/h3-5,12-13,15-16H,6-8H2,1-2H3/t12-,13+. The molecule has 88 valence electrons. The van der Waals surface area contributed by atoms with E-state index in [-0.39, 0.29) is 0 Å². The van der Waals surface area contributed by atoms with E-state index in [1.54, 1.807) is 0 Å². The molecule has 2 atom stereocenters. The average Bonchev–Trinajstić information content (AvgIpc) is 2.52. The predicted octanol–water partition coefficient (Wildman–Crippen LogP) is 0.841. The Labute approximate surface area is 96.3 Å². The van der Waals surface area contributed by atoms with Crippen molar-refractivity contribution in [3.05, 3.63) is 34.9 Å². The molecular weight excluding hydrogens is 202 g/mol. The summed E-state index contributed by atoms with van der Waals surface area (Å²) in [6, 6.07) is 6.40. The molecule has 1 fully saturated rings. The molecule has 0 bridgehead atoms. The van der Waals surface area contributed by atoms with Gasteiger partial charge in [-0.25, -0.2) is 0 Å². The lowest BCUT2D eigenvalue weighted by Gasteiger charge is -2.15. The van der Waals surface area contributed by atoms with Gasteiger partial charge in [0.05, 0.1) is 12.2 Å². The largest absolute Gasteiger partial charge is 0.389 e. The van der Waals surface area contributed by atoms with Crippen LogP contribution in [0.15, 0.2) is 18.2 Å². The zero-order chi connectivity index (χ0) is 11.7. The maximum absolute atomic E-state index is 9.45. The molecule has 1 saturated heterocycles. The van der Waals surface area contributed by atoms with Gasteiger partial charge in [0.15, 0.2) is 0 Å².